The number of carbonyl (C=O) groups excluding carboxylic acids is 1. The Morgan fingerprint density at radius 2 is 1.65 bits per heavy atom. The molecule has 98 valence electrons. The van der Waals surface area contributed by atoms with E-state index < -0.39 is 0 Å². The molecule has 0 radical (unpaired) electrons. The molecule has 0 unspecified atom stereocenters. The number of hydrogen-bond acceptors (Lipinski definition) is 1. The smallest absolute Gasteiger partial charge is 0.217 e. The Morgan fingerprint density at radius 1 is 1.00 bits per heavy atom. The Balaban J connectivity index is 1.84. The first-order valence-electron chi connectivity index (χ1n) is 7.53. The zero-order chi connectivity index (χ0) is 12.1. The summed E-state index contributed by atoms with van der Waals surface area (Å²) in [5.74, 6) is 1.87. The molecule has 0 heterocycles. The van der Waals surface area contributed by atoms with Crippen molar-refractivity contribution in [2.75, 3.05) is 0 Å². The van der Waals surface area contributed by atoms with E-state index in [1.54, 1.807) is 6.92 Å². The normalized spacial score (nSPS) is 31.1. The molecular formula is C15H27NO. The topological polar surface area (TPSA) is 29.1 Å². The molecule has 0 aromatic carbocycles. The van der Waals surface area contributed by atoms with Crippen LogP contribution >= 0.6 is 0 Å². The van der Waals surface area contributed by atoms with E-state index in [0.717, 1.165) is 11.8 Å². The summed E-state index contributed by atoms with van der Waals surface area (Å²) in [6, 6.07) is 0.475. The van der Waals surface area contributed by atoms with Crippen LogP contribution in [0.25, 0.3) is 0 Å². The molecular weight excluding hydrogens is 210 g/mol. The predicted molar refractivity (Wildman–Crippen MR) is 70.8 cm³/mol. The molecule has 2 aliphatic carbocycles. The summed E-state index contributed by atoms with van der Waals surface area (Å²) in [6.07, 6.45) is 13.7. The van der Waals surface area contributed by atoms with Crippen molar-refractivity contribution in [3.63, 3.8) is 0 Å². The van der Waals surface area contributed by atoms with Crippen LogP contribution in [0.2, 0.25) is 0 Å². The molecule has 2 heteroatoms. The minimum Gasteiger partial charge on any atom is -0.353 e. The summed E-state index contributed by atoms with van der Waals surface area (Å²) in [5, 5.41) is 3.18. The minimum atomic E-state index is 0.158. The molecule has 2 saturated carbocycles. The van der Waals surface area contributed by atoms with Crippen molar-refractivity contribution in [3.05, 3.63) is 0 Å². The number of amides is 1. The fourth-order valence-corrected chi connectivity index (χ4v) is 3.79. The molecule has 2 fully saturated rings. The van der Waals surface area contributed by atoms with Crippen molar-refractivity contribution >= 4 is 5.91 Å². The SMILES string of the molecule is CC(=O)N[C@H]1CCCC[C@H]1CC1CCCCC1. The molecule has 2 rings (SSSR count). The highest BCUT2D eigenvalue weighted by Gasteiger charge is 2.28. The molecule has 2 atom stereocenters. The predicted octanol–water partition coefficient (Wildman–Crippen LogP) is 3.65. The molecule has 2 nitrogen and oxygen atoms in total. The van der Waals surface area contributed by atoms with E-state index in [4.69, 9.17) is 0 Å². The summed E-state index contributed by atoms with van der Waals surface area (Å²) in [5.41, 5.74) is 0. The molecule has 0 bridgehead atoms. The van der Waals surface area contributed by atoms with Gasteiger partial charge in [-0.2, -0.15) is 0 Å². The van der Waals surface area contributed by atoms with E-state index in [0.29, 0.717) is 6.04 Å². The monoisotopic (exact) mass is 237 g/mol. The Kier molecular flexibility index (Phi) is 4.87. The van der Waals surface area contributed by atoms with Gasteiger partial charge in [0.2, 0.25) is 5.91 Å². The lowest BCUT2D eigenvalue weighted by atomic mass is 9.75. The summed E-state index contributed by atoms with van der Waals surface area (Å²) in [4.78, 5) is 11.2. The third kappa shape index (κ3) is 4.01. The van der Waals surface area contributed by atoms with Crippen LogP contribution in [0.1, 0.15) is 71.1 Å². The number of hydrogen-bond donors (Lipinski definition) is 1. The molecule has 2 aliphatic rings. The Hall–Kier alpha value is -0.530. The minimum absolute atomic E-state index is 0.158. The lowest BCUT2D eigenvalue weighted by molar-refractivity contribution is -0.120. The van der Waals surface area contributed by atoms with Crippen LogP contribution in [-0.4, -0.2) is 11.9 Å². The third-order valence-electron chi connectivity index (χ3n) is 4.66. The van der Waals surface area contributed by atoms with Crippen LogP contribution in [0.5, 0.6) is 0 Å². The molecule has 0 spiro atoms. The third-order valence-corrected chi connectivity index (χ3v) is 4.66. The average Bonchev–Trinajstić information content (AvgIpc) is 2.32. The molecule has 0 aromatic heterocycles. The summed E-state index contributed by atoms with van der Waals surface area (Å²) < 4.78 is 0. The van der Waals surface area contributed by atoms with E-state index in [1.807, 2.05) is 0 Å². The number of carbonyl (C=O) groups is 1. The maximum Gasteiger partial charge on any atom is 0.217 e. The summed E-state index contributed by atoms with van der Waals surface area (Å²) in [6.45, 7) is 1.66. The Morgan fingerprint density at radius 3 is 2.35 bits per heavy atom. The zero-order valence-electron chi connectivity index (χ0n) is 11.2. The van der Waals surface area contributed by atoms with Gasteiger partial charge in [0.05, 0.1) is 0 Å². The van der Waals surface area contributed by atoms with Crippen LogP contribution in [-0.2, 0) is 4.79 Å². The average molecular weight is 237 g/mol. The zero-order valence-corrected chi connectivity index (χ0v) is 11.2. The quantitative estimate of drug-likeness (QED) is 0.797. The highest BCUT2D eigenvalue weighted by Crippen LogP contribution is 2.35. The van der Waals surface area contributed by atoms with Gasteiger partial charge in [0.25, 0.3) is 0 Å². The van der Waals surface area contributed by atoms with E-state index in [1.165, 1.54) is 64.2 Å². The Bertz CT molecular complexity index is 245. The van der Waals surface area contributed by atoms with Crippen LogP contribution in [0.3, 0.4) is 0 Å². The van der Waals surface area contributed by atoms with Gasteiger partial charge in [0, 0.05) is 13.0 Å². The van der Waals surface area contributed by atoms with Gasteiger partial charge in [-0.25, -0.2) is 0 Å². The standard InChI is InChI=1S/C15H27NO/c1-12(17)16-15-10-6-5-9-14(15)11-13-7-3-2-4-8-13/h13-15H,2-11H2,1H3,(H,16,17)/t14-,15-/m0/s1. The van der Waals surface area contributed by atoms with Crippen LogP contribution in [0.4, 0.5) is 0 Å². The van der Waals surface area contributed by atoms with Crippen LogP contribution in [0.15, 0.2) is 0 Å². The maximum atomic E-state index is 11.2. The van der Waals surface area contributed by atoms with Crippen LogP contribution in [0, 0.1) is 11.8 Å². The van der Waals surface area contributed by atoms with Crippen molar-refractivity contribution in [1.29, 1.82) is 0 Å². The second-order valence-corrected chi connectivity index (χ2v) is 6.09. The van der Waals surface area contributed by atoms with Crippen molar-refractivity contribution in [2.45, 2.75) is 77.2 Å². The summed E-state index contributed by atoms with van der Waals surface area (Å²) in [7, 11) is 0. The van der Waals surface area contributed by atoms with Gasteiger partial charge in [-0.15, -0.1) is 0 Å². The molecule has 17 heavy (non-hydrogen) atoms. The number of nitrogens with one attached hydrogen (secondary N) is 1. The fourth-order valence-electron chi connectivity index (χ4n) is 3.79. The largest absolute Gasteiger partial charge is 0.353 e. The van der Waals surface area contributed by atoms with Crippen molar-refractivity contribution in [1.82, 2.24) is 5.32 Å². The highest BCUT2D eigenvalue weighted by atomic mass is 16.1. The highest BCUT2D eigenvalue weighted by molar-refractivity contribution is 5.73. The van der Waals surface area contributed by atoms with Gasteiger partial charge in [0.1, 0.15) is 0 Å². The van der Waals surface area contributed by atoms with Crippen molar-refractivity contribution in [3.8, 4) is 0 Å². The van der Waals surface area contributed by atoms with Crippen molar-refractivity contribution in [2.24, 2.45) is 11.8 Å². The van der Waals surface area contributed by atoms with Gasteiger partial charge in [-0.05, 0) is 31.1 Å². The lowest BCUT2D eigenvalue weighted by Crippen LogP contribution is -2.41. The van der Waals surface area contributed by atoms with E-state index in [9.17, 15) is 4.79 Å². The molecule has 0 aliphatic heterocycles. The first kappa shape index (κ1) is 12.9. The first-order valence-corrected chi connectivity index (χ1v) is 7.53. The molecule has 0 aromatic rings. The number of rotatable bonds is 3. The van der Waals surface area contributed by atoms with E-state index in [2.05, 4.69) is 5.32 Å². The maximum absolute atomic E-state index is 11.2. The fraction of sp³-hybridized carbons (Fsp3) is 0.933. The second-order valence-electron chi connectivity index (χ2n) is 6.09. The molecule has 1 amide bonds. The first-order chi connectivity index (χ1) is 8.25. The molecule has 1 N–H and O–H groups in total. The van der Waals surface area contributed by atoms with Crippen molar-refractivity contribution < 1.29 is 4.79 Å². The lowest BCUT2D eigenvalue weighted by Gasteiger charge is -2.35. The van der Waals surface area contributed by atoms with Gasteiger partial charge < -0.3 is 5.32 Å². The van der Waals surface area contributed by atoms with Gasteiger partial charge in [-0.3, -0.25) is 4.79 Å². The van der Waals surface area contributed by atoms with Gasteiger partial charge in [0.15, 0.2) is 0 Å². The van der Waals surface area contributed by atoms with Gasteiger partial charge in [-0.1, -0.05) is 44.9 Å². The summed E-state index contributed by atoms with van der Waals surface area (Å²) >= 11 is 0. The Labute approximate surface area is 106 Å². The molecule has 0 saturated heterocycles. The van der Waals surface area contributed by atoms with Gasteiger partial charge >= 0.3 is 0 Å². The second kappa shape index (κ2) is 6.42. The van der Waals surface area contributed by atoms with Crippen LogP contribution < -0.4 is 5.32 Å². The van der Waals surface area contributed by atoms with E-state index in [-0.39, 0.29) is 5.91 Å². The van der Waals surface area contributed by atoms with E-state index >= 15 is 0 Å².